The van der Waals surface area contributed by atoms with Crippen molar-refractivity contribution in [2.24, 2.45) is 0 Å². The van der Waals surface area contributed by atoms with Gasteiger partial charge in [-0.25, -0.2) is 8.42 Å². The largest absolute Gasteiger partial charge is 1.00 e. The Bertz CT molecular complexity index is 635. The fourth-order valence-corrected chi connectivity index (χ4v) is 2.42. The Labute approximate surface area is 123 Å². The number of aryl methyl sites for hydroxylation is 1. The summed E-state index contributed by atoms with van der Waals surface area (Å²) < 4.78 is 33.3. The van der Waals surface area contributed by atoms with Gasteiger partial charge in [0.2, 0.25) is 0 Å². The summed E-state index contributed by atoms with van der Waals surface area (Å²) in [5.74, 6) is 0. The van der Waals surface area contributed by atoms with Crippen molar-refractivity contribution < 1.29 is 42.5 Å². The summed E-state index contributed by atoms with van der Waals surface area (Å²) >= 11 is 0. The zero-order valence-corrected chi connectivity index (χ0v) is 12.6. The van der Waals surface area contributed by atoms with Gasteiger partial charge in [-0.2, -0.15) is 0 Å². The van der Waals surface area contributed by atoms with Gasteiger partial charge >= 0.3 is 29.6 Å². The smallest absolute Gasteiger partial charge is 0.744 e. The molecule has 0 aromatic heterocycles. The predicted molar refractivity (Wildman–Crippen MR) is 61.3 cm³/mol. The van der Waals surface area contributed by atoms with Crippen LogP contribution in [0.4, 0.5) is 0 Å². The molecule has 0 saturated heterocycles. The quantitative estimate of drug-likeness (QED) is 0.529. The molecule has 0 aliphatic heterocycles. The molecule has 17 heavy (non-hydrogen) atoms. The summed E-state index contributed by atoms with van der Waals surface area (Å²) in [6, 6.07) is 10.3. The maximum atomic E-state index is 11.1. The average Bonchev–Trinajstić information content (AvgIpc) is 2.26. The van der Waals surface area contributed by atoms with E-state index in [1.54, 1.807) is 18.2 Å². The van der Waals surface area contributed by atoms with Gasteiger partial charge in [-0.1, -0.05) is 31.2 Å². The number of hydrogen-bond donors (Lipinski definition) is 0. The Kier molecular flexibility index (Phi) is 4.75. The van der Waals surface area contributed by atoms with E-state index < -0.39 is 10.1 Å². The summed E-state index contributed by atoms with van der Waals surface area (Å²) in [5.41, 5.74) is 1.02. The van der Waals surface area contributed by atoms with E-state index >= 15 is 0 Å². The first-order chi connectivity index (χ1) is 7.52. The molecule has 84 valence electrons. The van der Waals surface area contributed by atoms with Crippen LogP contribution in [-0.4, -0.2) is 13.0 Å². The van der Waals surface area contributed by atoms with Gasteiger partial charge in [0, 0.05) is 0 Å². The van der Waals surface area contributed by atoms with E-state index in [0.717, 1.165) is 17.4 Å². The van der Waals surface area contributed by atoms with Gasteiger partial charge in [-0.3, -0.25) is 0 Å². The Morgan fingerprint density at radius 3 is 2.47 bits per heavy atom. The minimum absolute atomic E-state index is 0. The first-order valence-electron chi connectivity index (χ1n) is 5.00. The van der Waals surface area contributed by atoms with Crippen molar-refractivity contribution in [3.63, 3.8) is 0 Å². The van der Waals surface area contributed by atoms with Crippen LogP contribution in [-0.2, 0) is 16.5 Å². The van der Waals surface area contributed by atoms with Crippen molar-refractivity contribution >= 4 is 20.9 Å². The fraction of sp³-hybridized carbons (Fsp3) is 0.167. The molecule has 0 fully saturated rings. The van der Waals surface area contributed by atoms with Crippen molar-refractivity contribution in [2.75, 3.05) is 0 Å². The van der Waals surface area contributed by atoms with Crippen LogP contribution < -0.4 is 29.6 Å². The molecule has 2 aromatic rings. The molecule has 0 saturated carbocycles. The van der Waals surface area contributed by atoms with Crippen LogP contribution in [0, 0.1) is 0 Å². The molecule has 0 amide bonds. The number of benzene rings is 2. The normalized spacial score (nSPS) is 11.2. The van der Waals surface area contributed by atoms with Gasteiger partial charge < -0.3 is 4.55 Å². The molecule has 0 aliphatic rings. The Balaban J connectivity index is 0.00000144. The zero-order valence-electron chi connectivity index (χ0n) is 9.80. The van der Waals surface area contributed by atoms with Gasteiger partial charge in [0.05, 0.1) is 4.90 Å². The predicted octanol–water partition coefficient (Wildman–Crippen LogP) is -0.690. The summed E-state index contributed by atoms with van der Waals surface area (Å²) in [6.07, 6.45) is 0.809. The third kappa shape index (κ3) is 3.09. The second-order valence-electron chi connectivity index (χ2n) is 3.62. The van der Waals surface area contributed by atoms with Gasteiger partial charge in [-0.05, 0) is 34.9 Å². The topological polar surface area (TPSA) is 57.2 Å². The van der Waals surface area contributed by atoms with Gasteiger partial charge in [0.25, 0.3) is 0 Å². The number of fused-ring (bicyclic) bond motifs is 1. The van der Waals surface area contributed by atoms with Crippen molar-refractivity contribution in [1.29, 1.82) is 0 Å². The summed E-state index contributed by atoms with van der Waals surface area (Å²) in [6.45, 7) is 1.98. The molecule has 2 rings (SSSR count). The van der Waals surface area contributed by atoms with E-state index in [4.69, 9.17) is 0 Å². The molecule has 0 bridgehead atoms. The number of hydrogen-bond acceptors (Lipinski definition) is 3. The second kappa shape index (κ2) is 5.50. The van der Waals surface area contributed by atoms with Crippen LogP contribution in [0.2, 0.25) is 0 Å². The standard InChI is InChI=1S/C12H12O3S.Na/c1-2-9-6-7-10-4-3-5-12(11(10)8-9)16(13,14)15;/h3-8H,2H2,1H3,(H,13,14,15);/q;+1/p-1. The molecule has 0 heterocycles. The van der Waals surface area contributed by atoms with Crippen LogP contribution in [0.1, 0.15) is 12.5 Å². The molecule has 0 aliphatic carbocycles. The summed E-state index contributed by atoms with van der Waals surface area (Å²) in [7, 11) is -4.40. The third-order valence-corrected chi connectivity index (χ3v) is 3.48. The van der Waals surface area contributed by atoms with Crippen molar-refractivity contribution in [3.8, 4) is 0 Å². The van der Waals surface area contributed by atoms with Gasteiger partial charge in [-0.15, -0.1) is 0 Å². The Morgan fingerprint density at radius 2 is 1.88 bits per heavy atom. The minimum Gasteiger partial charge on any atom is -0.744 e. The monoisotopic (exact) mass is 258 g/mol. The molecule has 2 aromatic carbocycles. The average molecular weight is 258 g/mol. The molecule has 3 nitrogen and oxygen atoms in total. The first-order valence-corrected chi connectivity index (χ1v) is 6.41. The van der Waals surface area contributed by atoms with E-state index in [0.29, 0.717) is 5.39 Å². The fourth-order valence-electron chi connectivity index (χ4n) is 1.73. The molecular formula is C12H11NaO3S. The molecule has 0 spiro atoms. The van der Waals surface area contributed by atoms with Crippen LogP contribution in [0.5, 0.6) is 0 Å². The molecule has 0 N–H and O–H groups in total. The van der Waals surface area contributed by atoms with E-state index in [1.165, 1.54) is 6.07 Å². The first kappa shape index (κ1) is 14.7. The van der Waals surface area contributed by atoms with E-state index in [9.17, 15) is 13.0 Å². The summed E-state index contributed by atoms with van der Waals surface area (Å²) in [5, 5.41) is 1.28. The molecule has 0 unspecified atom stereocenters. The summed E-state index contributed by atoms with van der Waals surface area (Å²) in [4.78, 5) is -0.139. The Morgan fingerprint density at radius 1 is 1.18 bits per heavy atom. The third-order valence-electron chi connectivity index (χ3n) is 2.58. The minimum atomic E-state index is -4.40. The maximum Gasteiger partial charge on any atom is 1.00 e. The molecule has 5 heteroatoms. The van der Waals surface area contributed by atoms with Crippen LogP contribution in [0.3, 0.4) is 0 Å². The van der Waals surface area contributed by atoms with E-state index in [1.807, 2.05) is 19.1 Å². The Hall–Kier alpha value is -0.390. The van der Waals surface area contributed by atoms with Crippen molar-refractivity contribution in [2.45, 2.75) is 18.2 Å². The van der Waals surface area contributed by atoms with Crippen LogP contribution in [0.25, 0.3) is 10.8 Å². The van der Waals surface area contributed by atoms with Gasteiger partial charge in [0.1, 0.15) is 10.1 Å². The van der Waals surface area contributed by atoms with Crippen molar-refractivity contribution in [1.82, 2.24) is 0 Å². The zero-order chi connectivity index (χ0) is 11.8. The van der Waals surface area contributed by atoms with Crippen molar-refractivity contribution in [3.05, 3.63) is 42.0 Å². The number of rotatable bonds is 2. The van der Waals surface area contributed by atoms with Crippen LogP contribution >= 0.6 is 0 Å². The second-order valence-corrected chi connectivity index (χ2v) is 4.97. The van der Waals surface area contributed by atoms with Gasteiger partial charge in [0.15, 0.2) is 0 Å². The maximum absolute atomic E-state index is 11.1. The molecule has 0 atom stereocenters. The van der Waals surface area contributed by atoms with Crippen LogP contribution in [0.15, 0.2) is 41.3 Å². The van der Waals surface area contributed by atoms with E-state index in [-0.39, 0.29) is 34.5 Å². The molecular weight excluding hydrogens is 247 g/mol. The molecule has 0 radical (unpaired) electrons. The van der Waals surface area contributed by atoms with E-state index in [2.05, 4.69) is 0 Å². The SMILES string of the molecule is CCc1ccc2cccc(S(=O)(=O)[O-])c2c1.[Na+].